The Morgan fingerprint density at radius 2 is 1.79 bits per heavy atom. The lowest BCUT2D eigenvalue weighted by atomic mass is 10.1. The first-order valence-electron chi connectivity index (χ1n) is 8.14. The summed E-state index contributed by atoms with van der Waals surface area (Å²) in [5.41, 5.74) is 1.89. The van der Waals surface area contributed by atoms with Crippen LogP contribution in [0.25, 0.3) is 22.3 Å². The van der Waals surface area contributed by atoms with Gasteiger partial charge in [-0.1, -0.05) is 42.5 Å². The number of hydrogen-bond donors (Lipinski definition) is 1. The average Bonchev–Trinajstić information content (AvgIpc) is 2.86. The van der Waals surface area contributed by atoms with Crippen LogP contribution in [0.2, 0.25) is 0 Å². The van der Waals surface area contributed by atoms with Crippen LogP contribution in [0.15, 0.2) is 54.6 Å². The lowest BCUT2D eigenvalue weighted by molar-refractivity contribution is 0.0597. The largest absolute Gasteiger partial charge is 0.389 e. The van der Waals surface area contributed by atoms with Gasteiger partial charge in [0, 0.05) is 24.0 Å². The zero-order chi connectivity index (χ0) is 16.4. The maximum absolute atomic E-state index is 10.1. The van der Waals surface area contributed by atoms with E-state index in [1.54, 1.807) is 0 Å². The molecule has 0 spiro atoms. The second-order valence-corrected chi connectivity index (χ2v) is 5.93. The summed E-state index contributed by atoms with van der Waals surface area (Å²) in [6.45, 7) is 2.16. The highest BCUT2D eigenvalue weighted by Crippen LogP contribution is 2.28. The number of rotatable bonds is 2. The number of β-amino-alcohol motifs (C(OH)–C–C–N with tert-alkyl or cyclic N) is 1. The minimum absolute atomic E-state index is 0.366. The van der Waals surface area contributed by atoms with Gasteiger partial charge in [-0.2, -0.15) is 0 Å². The van der Waals surface area contributed by atoms with Crippen molar-refractivity contribution < 1.29 is 9.84 Å². The minimum Gasteiger partial charge on any atom is -0.389 e. The molecule has 0 amide bonds. The van der Waals surface area contributed by atoms with Crippen LogP contribution in [0, 0.1) is 0 Å². The lowest BCUT2D eigenvalue weighted by Crippen LogP contribution is -2.33. The maximum atomic E-state index is 10.1. The molecular weight excluding hydrogens is 302 g/mol. The van der Waals surface area contributed by atoms with E-state index in [9.17, 15) is 5.11 Å². The first-order chi connectivity index (χ1) is 11.8. The van der Waals surface area contributed by atoms with Crippen LogP contribution in [0.5, 0.6) is 0 Å². The van der Waals surface area contributed by atoms with Gasteiger partial charge in [-0.05, 0) is 12.1 Å². The molecule has 1 N–H and O–H groups in total. The molecule has 3 aromatic rings. The molecule has 122 valence electrons. The monoisotopic (exact) mass is 321 g/mol. The van der Waals surface area contributed by atoms with E-state index in [2.05, 4.69) is 4.90 Å². The molecule has 1 atom stereocenters. The number of aromatic nitrogens is 2. The van der Waals surface area contributed by atoms with Crippen LogP contribution in [0.4, 0.5) is 5.82 Å². The molecule has 1 aliphatic heterocycles. The molecule has 0 unspecified atom stereocenters. The second kappa shape index (κ2) is 6.55. The Morgan fingerprint density at radius 3 is 2.67 bits per heavy atom. The van der Waals surface area contributed by atoms with Crippen LogP contribution in [0.1, 0.15) is 0 Å². The molecule has 5 heteroatoms. The Bertz CT molecular complexity index is 838. The van der Waals surface area contributed by atoms with Crippen molar-refractivity contribution in [3.63, 3.8) is 0 Å². The number of aliphatic hydroxyl groups excluding tert-OH is 1. The van der Waals surface area contributed by atoms with Crippen LogP contribution >= 0.6 is 0 Å². The zero-order valence-electron chi connectivity index (χ0n) is 13.3. The van der Waals surface area contributed by atoms with Crippen LogP contribution in [-0.4, -0.2) is 47.5 Å². The van der Waals surface area contributed by atoms with Crippen molar-refractivity contribution in [1.29, 1.82) is 0 Å². The average molecular weight is 321 g/mol. The van der Waals surface area contributed by atoms with Gasteiger partial charge < -0.3 is 14.7 Å². The molecule has 2 heterocycles. The standard InChI is InChI=1S/C19H19N3O2/c23-15-12-22(10-11-24-13-15)19-16-8-4-5-9-17(16)20-18(21-19)14-6-2-1-3-7-14/h1-9,15,23H,10-13H2/t15-/m1/s1. The van der Waals surface area contributed by atoms with Gasteiger partial charge in [-0.25, -0.2) is 9.97 Å². The fraction of sp³-hybridized carbons (Fsp3) is 0.263. The fourth-order valence-corrected chi connectivity index (χ4v) is 3.00. The Morgan fingerprint density at radius 1 is 1.00 bits per heavy atom. The van der Waals surface area contributed by atoms with E-state index in [1.807, 2.05) is 54.6 Å². The van der Waals surface area contributed by atoms with E-state index >= 15 is 0 Å². The third-order valence-corrected chi connectivity index (χ3v) is 4.16. The summed E-state index contributed by atoms with van der Waals surface area (Å²) in [5.74, 6) is 1.55. The Hall–Kier alpha value is -2.50. The molecule has 1 fully saturated rings. The van der Waals surface area contributed by atoms with Gasteiger partial charge in [-0.15, -0.1) is 0 Å². The maximum Gasteiger partial charge on any atom is 0.162 e. The highest BCUT2D eigenvalue weighted by atomic mass is 16.5. The van der Waals surface area contributed by atoms with E-state index in [1.165, 1.54) is 0 Å². The number of hydrogen-bond acceptors (Lipinski definition) is 5. The summed E-state index contributed by atoms with van der Waals surface area (Å²) >= 11 is 0. The van der Waals surface area contributed by atoms with Crippen molar-refractivity contribution in [2.24, 2.45) is 0 Å². The number of nitrogens with zero attached hydrogens (tertiary/aromatic N) is 3. The van der Waals surface area contributed by atoms with Gasteiger partial charge in [0.2, 0.25) is 0 Å². The predicted molar refractivity (Wildman–Crippen MR) is 94.0 cm³/mol. The van der Waals surface area contributed by atoms with E-state index in [0.717, 1.165) is 22.3 Å². The van der Waals surface area contributed by atoms with Crippen LogP contribution in [-0.2, 0) is 4.74 Å². The summed E-state index contributed by atoms with van der Waals surface area (Å²) in [6, 6.07) is 18.0. The number of benzene rings is 2. The zero-order valence-corrected chi connectivity index (χ0v) is 13.3. The number of ether oxygens (including phenoxy) is 1. The molecule has 1 aliphatic rings. The van der Waals surface area contributed by atoms with Crippen molar-refractivity contribution in [1.82, 2.24) is 9.97 Å². The normalized spacial score (nSPS) is 18.5. The summed E-state index contributed by atoms with van der Waals surface area (Å²) in [6.07, 6.45) is -0.513. The summed E-state index contributed by atoms with van der Waals surface area (Å²) in [4.78, 5) is 11.6. The van der Waals surface area contributed by atoms with Crippen molar-refractivity contribution >= 4 is 16.7 Å². The first-order valence-corrected chi connectivity index (χ1v) is 8.14. The molecule has 0 aliphatic carbocycles. The van der Waals surface area contributed by atoms with Gasteiger partial charge in [0.05, 0.1) is 24.8 Å². The van der Waals surface area contributed by atoms with Crippen molar-refractivity contribution in [2.75, 3.05) is 31.2 Å². The summed E-state index contributed by atoms with van der Waals surface area (Å²) in [7, 11) is 0. The SMILES string of the molecule is O[C@H]1COCCN(c2nc(-c3ccccc3)nc3ccccc23)C1. The highest BCUT2D eigenvalue weighted by molar-refractivity contribution is 5.91. The third kappa shape index (κ3) is 2.96. The van der Waals surface area contributed by atoms with Crippen molar-refractivity contribution in [3.05, 3.63) is 54.6 Å². The van der Waals surface area contributed by atoms with Crippen molar-refractivity contribution in [3.8, 4) is 11.4 Å². The molecule has 5 nitrogen and oxygen atoms in total. The molecule has 1 aromatic heterocycles. The quantitative estimate of drug-likeness (QED) is 0.786. The molecule has 0 bridgehead atoms. The minimum atomic E-state index is -0.513. The Balaban J connectivity index is 1.86. The Kier molecular flexibility index (Phi) is 4.11. The van der Waals surface area contributed by atoms with Gasteiger partial charge in [-0.3, -0.25) is 0 Å². The molecule has 0 radical (unpaired) electrons. The Labute approximate surface area is 140 Å². The predicted octanol–water partition coefficient (Wildman–Crippen LogP) is 2.49. The summed E-state index contributed by atoms with van der Waals surface area (Å²) in [5, 5.41) is 11.1. The lowest BCUT2D eigenvalue weighted by Gasteiger charge is -2.24. The van der Waals surface area contributed by atoms with E-state index in [0.29, 0.717) is 32.1 Å². The molecule has 2 aromatic carbocycles. The number of anilines is 1. The molecule has 1 saturated heterocycles. The van der Waals surface area contributed by atoms with Crippen LogP contribution < -0.4 is 4.90 Å². The molecule has 0 saturated carbocycles. The second-order valence-electron chi connectivity index (χ2n) is 5.93. The number of para-hydroxylation sites is 1. The van der Waals surface area contributed by atoms with Gasteiger partial charge >= 0.3 is 0 Å². The fourth-order valence-electron chi connectivity index (χ4n) is 3.00. The molecular formula is C19H19N3O2. The van der Waals surface area contributed by atoms with Gasteiger partial charge in [0.15, 0.2) is 5.82 Å². The third-order valence-electron chi connectivity index (χ3n) is 4.16. The van der Waals surface area contributed by atoms with E-state index < -0.39 is 6.10 Å². The first kappa shape index (κ1) is 15.1. The molecule has 4 rings (SSSR count). The van der Waals surface area contributed by atoms with Crippen LogP contribution in [0.3, 0.4) is 0 Å². The number of fused-ring (bicyclic) bond motifs is 1. The van der Waals surface area contributed by atoms with E-state index in [-0.39, 0.29) is 0 Å². The summed E-state index contributed by atoms with van der Waals surface area (Å²) < 4.78 is 5.45. The van der Waals surface area contributed by atoms with Gasteiger partial charge in [0.1, 0.15) is 5.82 Å². The smallest absolute Gasteiger partial charge is 0.162 e. The highest BCUT2D eigenvalue weighted by Gasteiger charge is 2.20. The topological polar surface area (TPSA) is 58.5 Å². The van der Waals surface area contributed by atoms with Gasteiger partial charge in [0.25, 0.3) is 0 Å². The van der Waals surface area contributed by atoms with Crippen molar-refractivity contribution in [2.45, 2.75) is 6.10 Å². The van der Waals surface area contributed by atoms with E-state index in [4.69, 9.17) is 14.7 Å². The molecule has 24 heavy (non-hydrogen) atoms. The number of aliphatic hydroxyl groups is 1.